The van der Waals surface area contributed by atoms with Crippen LogP contribution in [0.25, 0.3) is 11.5 Å². The molecule has 3 aromatic rings. The summed E-state index contributed by atoms with van der Waals surface area (Å²) in [6.07, 6.45) is 3.74. The van der Waals surface area contributed by atoms with Crippen molar-refractivity contribution in [3.8, 4) is 0 Å². The largest absolute Gasteiger partial charge is 0.502 e. The first-order valence-corrected chi connectivity index (χ1v) is 9.49. The molecule has 4 nitrogen and oxygen atoms in total. The Hall–Kier alpha value is -2.89. The zero-order valence-corrected chi connectivity index (χ0v) is 17.2. The van der Waals surface area contributed by atoms with Crippen molar-refractivity contribution in [1.82, 2.24) is 0 Å². The van der Waals surface area contributed by atoms with E-state index < -0.39 is 0 Å². The minimum atomic E-state index is 0.0627. The monoisotopic (exact) mass is 410 g/mol. The molecule has 0 saturated heterocycles. The highest BCUT2D eigenvalue weighted by molar-refractivity contribution is 7.81. The Morgan fingerprint density at radius 3 is 2.14 bits per heavy atom. The van der Waals surface area contributed by atoms with Gasteiger partial charge in [0, 0.05) is 48.2 Å². The third-order valence-corrected chi connectivity index (χ3v) is 4.72. The Morgan fingerprint density at radius 2 is 1.57 bits per heavy atom. The number of nitrogens with zero attached hydrogens (tertiary/aromatic N) is 2. The molecule has 142 valence electrons. The molecule has 1 heterocycles. The SMILES string of the molecule is CN(C)c1cc[n+](C(C(=S)Nc2ccccc2)=C(O)c2ccc(Cl)cc2)cc1. The zero-order chi connectivity index (χ0) is 20.1. The molecule has 0 atom stereocenters. The van der Waals surface area contributed by atoms with Gasteiger partial charge in [0.15, 0.2) is 23.1 Å². The fourth-order valence-electron chi connectivity index (χ4n) is 2.67. The molecule has 2 aromatic carbocycles. The summed E-state index contributed by atoms with van der Waals surface area (Å²) in [5.41, 5.74) is 3.00. The molecule has 0 bridgehead atoms. The second-order valence-electron chi connectivity index (χ2n) is 6.38. The molecule has 0 aliphatic carbocycles. The van der Waals surface area contributed by atoms with Gasteiger partial charge >= 0.3 is 0 Å². The molecule has 1 aromatic heterocycles. The van der Waals surface area contributed by atoms with Crippen molar-refractivity contribution < 1.29 is 9.67 Å². The lowest BCUT2D eigenvalue weighted by molar-refractivity contribution is -0.575. The fraction of sp³-hybridized carbons (Fsp3) is 0.0909. The summed E-state index contributed by atoms with van der Waals surface area (Å²) < 4.78 is 1.80. The van der Waals surface area contributed by atoms with Gasteiger partial charge in [-0.05, 0) is 36.4 Å². The summed E-state index contributed by atoms with van der Waals surface area (Å²) in [5.74, 6) is 0.0627. The lowest BCUT2D eigenvalue weighted by atomic mass is 10.1. The van der Waals surface area contributed by atoms with E-state index in [9.17, 15) is 5.11 Å². The minimum absolute atomic E-state index is 0.0627. The summed E-state index contributed by atoms with van der Waals surface area (Å²) in [4.78, 5) is 2.41. The molecule has 0 fully saturated rings. The van der Waals surface area contributed by atoms with Crippen LogP contribution in [0, 0.1) is 0 Å². The van der Waals surface area contributed by atoms with E-state index in [4.69, 9.17) is 23.8 Å². The number of nitrogens with one attached hydrogen (secondary N) is 1. The molecule has 3 rings (SSSR count). The predicted molar refractivity (Wildman–Crippen MR) is 121 cm³/mol. The van der Waals surface area contributed by atoms with Crippen LogP contribution in [-0.4, -0.2) is 24.2 Å². The second kappa shape index (κ2) is 8.87. The van der Waals surface area contributed by atoms with Gasteiger partial charge in [-0.25, -0.2) is 0 Å². The van der Waals surface area contributed by atoms with E-state index in [-0.39, 0.29) is 5.76 Å². The van der Waals surface area contributed by atoms with Crippen LogP contribution in [0.4, 0.5) is 11.4 Å². The van der Waals surface area contributed by atoms with Crippen molar-refractivity contribution >= 4 is 51.6 Å². The maximum absolute atomic E-state index is 11.0. The highest BCUT2D eigenvalue weighted by atomic mass is 35.5. The normalized spacial score (nSPS) is 11.5. The van der Waals surface area contributed by atoms with E-state index in [0.29, 0.717) is 21.3 Å². The van der Waals surface area contributed by atoms with E-state index >= 15 is 0 Å². The number of thiocarbonyl (C=S) groups is 1. The smallest absolute Gasteiger partial charge is 0.288 e. The van der Waals surface area contributed by atoms with E-state index in [1.54, 1.807) is 28.8 Å². The van der Waals surface area contributed by atoms with Gasteiger partial charge in [0.1, 0.15) is 0 Å². The van der Waals surface area contributed by atoms with Gasteiger partial charge in [0.25, 0.3) is 5.70 Å². The van der Waals surface area contributed by atoms with Crippen LogP contribution in [0.5, 0.6) is 0 Å². The summed E-state index contributed by atoms with van der Waals surface area (Å²) in [7, 11) is 3.95. The topological polar surface area (TPSA) is 39.4 Å². The van der Waals surface area contributed by atoms with Gasteiger partial charge in [0.05, 0.1) is 0 Å². The number of aromatic nitrogens is 1. The maximum atomic E-state index is 11.0. The third-order valence-electron chi connectivity index (χ3n) is 4.18. The summed E-state index contributed by atoms with van der Waals surface area (Å²) >= 11 is 11.6. The summed E-state index contributed by atoms with van der Waals surface area (Å²) in [6, 6.07) is 20.5. The van der Waals surface area contributed by atoms with Crippen LogP contribution in [-0.2, 0) is 0 Å². The molecule has 0 unspecified atom stereocenters. The quantitative estimate of drug-likeness (QED) is 0.268. The van der Waals surface area contributed by atoms with Gasteiger partial charge in [-0.1, -0.05) is 42.0 Å². The van der Waals surface area contributed by atoms with Crippen molar-refractivity contribution in [3.05, 3.63) is 89.7 Å². The molecule has 0 amide bonds. The molecule has 6 heteroatoms. The van der Waals surface area contributed by atoms with Gasteiger partial charge in [-0.15, -0.1) is 0 Å². The number of para-hydroxylation sites is 1. The number of pyridine rings is 1. The molecular formula is C22H21ClN3OS+. The standard InChI is InChI=1S/C22H20ClN3OS/c1-25(2)19-12-14-26(15-13-19)20(21(27)16-8-10-17(23)11-9-16)22(28)24-18-6-4-3-5-7-18/h3-15H,1-2H3,(H-,24,27,28)/p+1. The molecule has 28 heavy (non-hydrogen) atoms. The van der Waals surface area contributed by atoms with Crippen LogP contribution in [0.3, 0.4) is 0 Å². The molecule has 0 radical (unpaired) electrons. The van der Waals surface area contributed by atoms with Crippen molar-refractivity contribution in [1.29, 1.82) is 0 Å². The lowest BCUT2D eigenvalue weighted by Gasteiger charge is -2.13. The number of hydrogen-bond donors (Lipinski definition) is 2. The van der Waals surface area contributed by atoms with Crippen molar-refractivity contribution in [2.45, 2.75) is 0 Å². The van der Waals surface area contributed by atoms with Crippen molar-refractivity contribution in [2.24, 2.45) is 0 Å². The number of aliphatic hydroxyl groups is 1. The number of aliphatic hydroxyl groups excluding tert-OH is 1. The fourth-order valence-corrected chi connectivity index (χ4v) is 3.12. The average molecular weight is 411 g/mol. The molecular weight excluding hydrogens is 390 g/mol. The number of anilines is 2. The Labute approximate surface area is 175 Å². The van der Waals surface area contributed by atoms with Crippen LogP contribution >= 0.6 is 23.8 Å². The van der Waals surface area contributed by atoms with Gasteiger partial charge in [0.2, 0.25) is 0 Å². The number of hydrogen-bond acceptors (Lipinski definition) is 3. The number of halogens is 1. The highest BCUT2D eigenvalue weighted by Crippen LogP contribution is 2.21. The van der Waals surface area contributed by atoms with Gasteiger partial charge < -0.3 is 15.3 Å². The Balaban J connectivity index is 2.06. The second-order valence-corrected chi connectivity index (χ2v) is 7.23. The maximum Gasteiger partial charge on any atom is 0.288 e. The Bertz CT molecular complexity index is 985. The van der Waals surface area contributed by atoms with Crippen LogP contribution in [0.15, 0.2) is 79.1 Å². The Kier molecular flexibility index (Phi) is 6.29. The molecule has 0 spiro atoms. The van der Waals surface area contributed by atoms with Crippen molar-refractivity contribution in [3.63, 3.8) is 0 Å². The van der Waals surface area contributed by atoms with Gasteiger partial charge in [-0.3, -0.25) is 0 Å². The van der Waals surface area contributed by atoms with Gasteiger partial charge in [-0.2, -0.15) is 4.57 Å². The van der Waals surface area contributed by atoms with E-state index in [0.717, 1.165) is 11.4 Å². The van der Waals surface area contributed by atoms with Crippen LogP contribution in [0.1, 0.15) is 5.56 Å². The van der Waals surface area contributed by atoms with E-state index in [1.165, 1.54) is 0 Å². The van der Waals surface area contributed by atoms with Crippen LogP contribution < -0.4 is 14.8 Å². The minimum Gasteiger partial charge on any atom is -0.502 e. The zero-order valence-electron chi connectivity index (χ0n) is 15.6. The first-order valence-electron chi connectivity index (χ1n) is 8.70. The van der Waals surface area contributed by atoms with Crippen molar-refractivity contribution in [2.75, 3.05) is 24.3 Å². The number of benzene rings is 2. The first-order chi connectivity index (χ1) is 13.5. The third kappa shape index (κ3) is 4.68. The predicted octanol–water partition coefficient (Wildman–Crippen LogP) is 5.02. The molecule has 0 aliphatic heterocycles. The average Bonchev–Trinajstić information content (AvgIpc) is 2.70. The number of rotatable bonds is 5. The molecule has 0 saturated carbocycles. The molecule has 0 aliphatic rings. The Morgan fingerprint density at radius 1 is 0.964 bits per heavy atom. The van der Waals surface area contributed by atoms with E-state index in [2.05, 4.69) is 5.32 Å². The van der Waals surface area contributed by atoms with Crippen LogP contribution in [0.2, 0.25) is 5.02 Å². The lowest BCUT2D eigenvalue weighted by Crippen LogP contribution is -2.38. The first kappa shape index (κ1) is 19.9. The highest BCUT2D eigenvalue weighted by Gasteiger charge is 2.24. The summed E-state index contributed by atoms with van der Waals surface area (Å²) in [6.45, 7) is 0. The summed E-state index contributed by atoms with van der Waals surface area (Å²) in [5, 5.41) is 14.8. The van der Waals surface area contributed by atoms with E-state index in [1.807, 2.05) is 73.9 Å². The molecule has 2 N–H and O–H groups in total.